The van der Waals surface area contributed by atoms with Crippen molar-refractivity contribution in [2.45, 2.75) is 62.8 Å². The van der Waals surface area contributed by atoms with E-state index in [1.165, 1.54) is 31.0 Å². The lowest BCUT2D eigenvalue weighted by Gasteiger charge is -2.30. The number of benzene rings is 2. The summed E-state index contributed by atoms with van der Waals surface area (Å²) in [7, 11) is 1.40. The van der Waals surface area contributed by atoms with Gasteiger partial charge in [-0.1, -0.05) is 69.9 Å². The van der Waals surface area contributed by atoms with Crippen LogP contribution in [-0.4, -0.2) is 29.1 Å². The van der Waals surface area contributed by atoms with Gasteiger partial charge in [0.15, 0.2) is 5.78 Å². The number of carbonyl (C=O) groups excluding carboxylic acids is 1. The number of carbonyl (C=O) groups is 1. The lowest BCUT2D eigenvalue weighted by Crippen LogP contribution is -2.42. The molecular formula is C24H32N2O4S. The number of methoxy groups -OCH3 is 1. The maximum absolute atomic E-state index is 13.2. The number of nitrogens with zero attached hydrogens (tertiary/aromatic N) is 1. The van der Waals surface area contributed by atoms with Gasteiger partial charge < -0.3 is 10.5 Å². The Morgan fingerprint density at radius 3 is 2.23 bits per heavy atom. The lowest BCUT2D eigenvalue weighted by atomic mass is 9.90. The first-order valence-electron chi connectivity index (χ1n) is 10.7. The molecule has 2 N–H and O–H groups in total. The number of unbranched alkanes of at least 4 members (excludes halogenated alkanes) is 2. The molecule has 0 aliphatic heterocycles. The predicted molar refractivity (Wildman–Crippen MR) is 126 cm³/mol. The van der Waals surface area contributed by atoms with Gasteiger partial charge in [-0.2, -0.15) is 0 Å². The number of ketones is 1. The minimum absolute atomic E-state index is 0.116. The summed E-state index contributed by atoms with van der Waals surface area (Å²) in [5, 5.41) is 11.6. The first-order chi connectivity index (χ1) is 14.9. The van der Waals surface area contributed by atoms with Crippen molar-refractivity contribution in [3.8, 4) is 5.75 Å². The SMILES string of the molecule is CCCCC(N)(CCCC)CSc1c(C(=O)c2ccccc2)ccc([N+](=O)[O-])c1OC. The molecule has 0 bridgehead atoms. The van der Waals surface area contributed by atoms with Crippen LogP contribution in [0.2, 0.25) is 0 Å². The van der Waals surface area contributed by atoms with Gasteiger partial charge in [-0.15, -0.1) is 11.8 Å². The second-order valence-corrected chi connectivity index (χ2v) is 8.79. The number of nitrogens with two attached hydrogens (primary N) is 1. The maximum Gasteiger partial charge on any atom is 0.312 e. The van der Waals surface area contributed by atoms with Gasteiger partial charge in [0.05, 0.1) is 16.9 Å². The van der Waals surface area contributed by atoms with Gasteiger partial charge in [0, 0.05) is 28.5 Å². The molecule has 0 aliphatic carbocycles. The van der Waals surface area contributed by atoms with E-state index >= 15 is 0 Å². The van der Waals surface area contributed by atoms with Gasteiger partial charge in [-0.05, 0) is 18.9 Å². The average molecular weight is 445 g/mol. The maximum atomic E-state index is 13.2. The summed E-state index contributed by atoms with van der Waals surface area (Å²) < 4.78 is 5.44. The predicted octanol–water partition coefficient (Wildman–Crippen LogP) is 6.00. The smallest absolute Gasteiger partial charge is 0.312 e. The Balaban J connectivity index is 2.47. The van der Waals surface area contributed by atoms with Gasteiger partial charge in [-0.25, -0.2) is 0 Å². The molecule has 7 heteroatoms. The molecule has 0 aromatic heterocycles. The Labute approximate surface area is 188 Å². The first-order valence-corrected chi connectivity index (χ1v) is 11.7. The monoisotopic (exact) mass is 444 g/mol. The van der Waals surface area contributed by atoms with E-state index in [0.717, 1.165) is 38.5 Å². The van der Waals surface area contributed by atoms with E-state index in [2.05, 4.69) is 13.8 Å². The molecule has 0 saturated heterocycles. The summed E-state index contributed by atoms with van der Waals surface area (Å²) in [6.45, 7) is 4.27. The molecule has 0 amide bonds. The number of thioether (sulfide) groups is 1. The lowest BCUT2D eigenvalue weighted by molar-refractivity contribution is -0.386. The molecule has 0 spiro atoms. The van der Waals surface area contributed by atoms with Crippen LogP contribution < -0.4 is 10.5 Å². The summed E-state index contributed by atoms with van der Waals surface area (Å²) in [5.74, 6) is 0.478. The highest BCUT2D eigenvalue weighted by Gasteiger charge is 2.29. The number of nitro groups is 1. The number of nitro benzene ring substituents is 1. The first kappa shape index (κ1) is 24.9. The largest absolute Gasteiger partial charge is 0.489 e. The van der Waals surface area contributed by atoms with Crippen molar-refractivity contribution in [2.24, 2.45) is 5.73 Å². The van der Waals surface area contributed by atoms with E-state index in [1.54, 1.807) is 24.3 Å². The van der Waals surface area contributed by atoms with Crippen LogP contribution in [-0.2, 0) is 0 Å². The van der Waals surface area contributed by atoms with Crippen LogP contribution >= 0.6 is 11.8 Å². The fourth-order valence-corrected chi connectivity index (χ4v) is 4.86. The second kappa shape index (κ2) is 11.9. The van der Waals surface area contributed by atoms with Crippen LogP contribution in [0.25, 0.3) is 0 Å². The van der Waals surface area contributed by atoms with Crippen LogP contribution in [0.5, 0.6) is 5.75 Å². The van der Waals surface area contributed by atoms with Gasteiger partial charge >= 0.3 is 5.69 Å². The third kappa shape index (κ3) is 6.55. The zero-order valence-electron chi connectivity index (χ0n) is 18.6. The van der Waals surface area contributed by atoms with Gasteiger partial charge in [0.2, 0.25) is 5.75 Å². The molecule has 31 heavy (non-hydrogen) atoms. The Morgan fingerprint density at radius 1 is 1.10 bits per heavy atom. The van der Waals surface area contributed by atoms with Gasteiger partial charge in [0.1, 0.15) is 0 Å². The Kier molecular flexibility index (Phi) is 9.52. The normalized spacial score (nSPS) is 11.4. The van der Waals surface area contributed by atoms with Crippen molar-refractivity contribution in [1.82, 2.24) is 0 Å². The molecule has 0 fully saturated rings. The molecule has 2 rings (SSSR count). The molecule has 0 radical (unpaired) electrons. The summed E-state index contributed by atoms with van der Waals surface area (Å²) in [6, 6.07) is 11.8. The van der Waals surface area contributed by atoms with E-state index in [-0.39, 0.29) is 17.2 Å². The topological polar surface area (TPSA) is 95.5 Å². The number of rotatable bonds is 13. The average Bonchev–Trinajstić information content (AvgIpc) is 2.79. The molecule has 2 aromatic carbocycles. The molecule has 168 valence electrons. The van der Waals surface area contributed by atoms with E-state index < -0.39 is 10.5 Å². The van der Waals surface area contributed by atoms with Crippen molar-refractivity contribution >= 4 is 23.2 Å². The van der Waals surface area contributed by atoms with Crippen molar-refractivity contribution < 1.29 is 14.5 Å². The summed E-state index contributed by atoms with van der Waals surface area (Å²) in [5.41, 5.74) is 7.13. The van der Waals surface area contributed by atoms with E-state index in [1.807, 2.05) is 6.07 Å². The molecular weight excluding hydrogens is 412 g/mol. The quantitative estimate of drug-likeness (QED) is 0.176. The Morgan fingerprint density at radius 2 is 1.71 bits per heavy atom. The molecule has 0 saturated carbocycles. The van der Waals surface area contributed by atoms with Crippen LogP contribution in [0.15, 0.2) is 47.4 Å². The molecule has 0 unspecified atom stereocenters. The van der Waals surface area contributed by atoms with Crippen LogP contribution in [0.3, 0.4) is 0 Å². The summed E-state index contributed by atoms with van der Waals surface area (Å²) >= 11 is 1.39. The zero-order chi connectivity index (χ0) is 22.9. The fourth-order valence-electron chi connectivity index (χ4n) is 3.50. The third-order valence-corrected chi connectivity index (χ3v) is 6.75. The van der Waals surface area contributed by atoms with Crippen molar-refractivity contribution in [3.05, 3.63) is 63.7 Å². The van der Waals surface area contributed by atoms with E-state index in [9.17, 15) is 14.9 Å². The Hall–Kier alpha value is -2.38. The number of ether oxygens (including phenoxy) is 1. The minimum atomic E-state index is -0.483. The van der Waals surface area contributed by atoms with Crippen molar-refractivity contribution in [3.63, 3.8) is 0 Å². The van der Waals surface area contributed by atoms with Crippen molar-refractivity contribution in [2.75, 3.05) is 12.9 Å². The van der Waals surface area contributed by atoms with E-state index in [4.69, 9.17) is 10.5 Å². The number of hydrogen-bond donors (Lipinski definition) is 1. The Bertz CT molecular complexity index is 879. The van der Waals surface area contributed by atoms with Gasteiger partial charge in [0.25, 0.3) is 0 Å². The second-order valence-electron chi connectivity index (χ2n) is 7.81. The highest BCUT2D eigenvalue weighted by Crippen LogP contribution is 2.42. The fraction of sp³-hybridized carbons (Fsp3) is 0.458. The summed E-state index contributed by atoms with van der Waals surface area (Å²) in [4.78, 5) is 24.8. The summed E-state index contributed by atoms with van der Waals surface area (Å²) in [6.07, 6.45) is 5.87. The molecule has 0 aliphatic rings. The van der Waals surface area contributed by atoms with Crippen LogP contribution in [0.4, 0.5) is 5.69 Å². The van der Waals surface area contributed by atoms with Crippen molar-refractivity contribution in [1.29, 1.82) is 0 Å². The number of hydrogen-bond acceptors (Lipinski definition) is 6. The van der Waals surface area contributed by atoms with Crippen LogP contribution in [0, 0.1) is 10.1 Å². The third-order valence-electron chi connectivity index (χ3n) is 5.33. The highest BCUT2D eigenvalue weighted by atomic mass is 32.2. The molecule has 6 nitrogen and oxygen atoms in total. The molecule has 2 aromatic rings. The molecule has 0 atom stereocenters. The highest BCUT2D eigenvalue weighted by molar-refractivity contribution is 7.99. The minimum Gasteiger partial charge on any atom is -0.489 e. The standard InChI is InChI=1S/C24H32N2O4S/c1-4-6-15-24(25,16-7-5-2)17-31-23-19(21(27)18-11-9-8-10-12-18)13-14-20(26(28)29)22(23)30-3/h8-14H,4-7,15-17,25H2,1-3H3. The van der Waals surface area contributed by atoms with Gasteiger partial charge in [-0.3, -0.25) is 14.9 Å². The van der Waals surface area contributed by atoms with E-state index in [0.29, 0.717) is 21.8 Å². The zero-order valence-corrected chi connectivity index (χ0v) is 19.4. The molecule has 0 heterocycles. The van der Waals surface area contributed by atoms with Crippen LogP contribution in [0.1, 0.15) is 68.3 Å².